The molecule has 1 aliphatic rings. The smallest absolute Gasteiger partial charge is 0.339 e. The van der Waals surface area contributed by atoms with E-state index in [1.165, 1.54) is 0 Å². The zero-order chi connectivity index (χ0) is 13.9. The largest absolute Gasteiger partial charge is 0.478 e. The lowest BCUT2D eigenvalue weighted by Crippen LogP contribution is -2.14. The van der Waals surface area contributed by atoms with Gasteiger partial charge in [-0.1, -0.05) is 5.16 Å². The number of fused-ring (bicyclic) bond motifs is 1. The number of carbonyl (C=O) groups is 1. The quantitative estimate of drug-likeness (QED) is 0.888. The van der Waals surface area contributed by atoms with Crippen LogP contribution in [-0.2, 0) is 19.4 Å². The topological polar surface area (TPSA) is 88.2 Å². The average Bonchev–Trinajstić information content (AvgIpc) is 2.97. The van der Waals surface area contributed by atoms with Crippen LogP contribution in [-0.4, -0.2) is 21.2 Å². The van der Waals surface area contributed by atoms with Gasteiger partial charge in [-0.05, 0) is 37.3 Å². The van der Waals surface area contributed by atoms with Crippen molar-refractivity contribution in [1.82, 2.24) is 10.1 Å². The van der Waals surface area contributed by atoms with E-state index in [9.17, 15) is 9.90 Å². The SMILES string of the molecule is O=C(O)c1cc2c(nc1NCc1ccno1)CCCC2. The van der Waals surface area contributed by atoms with Crippen molar-refractivity contribution < 1.29 is 14.4 Å². The summed E-state index contributed by atoms with van der Waals surface area (Å²) < 4.78 is 4.98. The fourth-order valence-corrected chi connectivity index (χ4v) is 2.44. The lowest BCUT2D eigenvalue weighted by Gasteiger charge is -2.17. The normalized spacial score (nSPS) is 13.8. The van der Waals surface area contributed by atoms with Crippen molar-refractivity contribution in [2.24, 2.45) is 0 Å². The third-order valence-corrected chi connectivity index (χ3v) is 3.45. The first kappa shape index (κ1) is 12.7. The van der Waals surface area contributed by atoms with Gasteiger partial charge < -0.3 is 14.9 Å². The highest BCUT2D eigenvalue weighted by Gasteiger charge is 2.18. The molecule has 0 amide bonds. The van der Waals surface area contributed by atoms with Crippen molar-refractivity contribution in [3.05, 3.63) is 40.9 Å². The van der Waals surface area contributed by atoms with E-state index in [4.69, 9.17) is 4.52 Å². The number of carboxylic acids is 1. The molecule has 0 spiro atoms. The van der Waals surface area contributed by atoms with E-state index in [0.29, 0.717) is 18.1 Å². The van der Waals surface area contributed by atoms with E-state index < -0.39 is 5.97 Å². The van der Waals surface area contributed by atoms with Crippen LogP contribution in [0.4, 0.5) is 5.82 Å². The summed E-state index contributed by atoms with van der Waals surface area (Å²) in [4.78, 5) is 15.8. The second-order valence-corrected chi connectivity index (χ2v) is 4.83. The maximum Gasteiger partial charge on any atom is 0.339 e. The highest BCUT2D eigenvalue weighted by atomic mass is 16.5. The zero-order valence-corrected chi connectivity index (χ0v) is 10.9. The van der Waals surface area contributed by atoms with Gasteiger partial charge in [-0.2, -0.15) is 0 Å². The van der Waals surface area contributed by atoms with Gasteiger partial charge in [0.05, 0.1) is 12.7 Å². The molecule has 0 bridgehead atoms. The Bertz CT molecular complexity index is 623. The van der Waals surface area contributed by atoms with Crippen LogP contribution < -0.4 is 5.32 Å². The molecule has 0 saturated carbocycles. The van der Waals surface area contributed by atoms with Gasteiger partial charge in [0.25, 0.3) is 0 Å². The van der Waals surface area contributed by atoms with Gasteiger partial charge in [0.15, 0.2) is 5.76 Å². The molecule has 0 radical (unpaired) electrons. The molecule has 0 aromatic carbocycles. The van der Waals surface area contributed by atoms with Crippen molar-refractivity contribution in [3.8, 4) is 0 Å². The van der Waals surface area contributed by atoms with Crippen LogP contribution in [0.3, 0.4) is 0 Å². The minimum absolute atomic E-state index is 0.213. The van der Waals surface area contributed by atoms with Crippen LogP contribution in [0.2, 0.25) is 0 Å². The summed E-state index contributed by atoms with van der Waals surface area (Å²) in [5.41, 5.74) is 2.27. The molecule has 0 atom stereocenters. The van der Waals surface area contributed by atoms with Gasteiger partial charge in [-0.25, -0.2) is 9.78 Å². The summed E-state index contributed by atoms with van der Waals surface area (Å²) in [6.07, 6.45) is 5.57. The minimum Gasteiger partial charge on any atom is -0.478 e. The van der Waals surface area contributed by atoms with Crippen LogP contribution in [0.5, 0.6) is 0 Å². The number of nitrogens with zero attached hydrogens (tertiary/aromatic N) is 2. The molecule has 6 heteroatoms. The molecule has 1 aliphatic carbocycles. The van der Waals surface area contributed by atoms with E-state index in [-0.39, 0.29) is 5.56 Å². The Hall–Kier alpha value is -2.37. The van der Waals surface area contributed by atoms with E-state index in [1.807, 2.05) is 0 Å². The number of carboxylic acid groups (broad SMARTS) is 1. The van der Waals surface area contributed by atoms with Crippen molar-refractivity contribution in [1.29, 1.82) is 0 Å². The molecule has 20 heavy (non-hydrogen) atoms. The molecule has 3 rings (SSSR count). The standard InChI is InChI=1S/C14H15N3O3/c18-14(19)11-7-9-3-1-2-4-12(9)17-13(11)15-8-10-5-6-16-20-10/h5-7H,1-4,8H2,(H,15,17)(H,18,19). The highest BCUT2D eigenvalue weighted by molar-refractivity contribution is 5.93. The monoisotopic (exact) mass is 273 g/mol. The van der Waals surface area contributed by atoms with Crippen molar-refractivity contribution >= 4 is 11.8 Å². The van der Waals surface area contributed by atoms with Gasteiger partial charge in [0.2, 0.25) is 0 Å². The number of hydrogen-bond donors (Lipinski definition) is 2. The Labute approximate surface area is 115 Å². The van der Waals surface area contributed by atoms with Gasteiger partial charge in [-0.15, -0.1) is 0 Å². The molecule has 0 aliphatic heterocycles. The third kappa shape index (κ3) is 2.49. The van der Waals surface area contributed by atoms with E-state index in [2.05, 4.69) is 15.5 Å². The first-order valence-electron chi connectivity index (χ1n) is 6.63. The van der Waals surface area contributed by atoms with Gasteiger partial charge in [-0.3, -0.25) is 0 Å². The highest BCUT2D eigenvalue weighted by Crippen LogP contribution is 2.25. The Balaban J connectivity index is 1.89. The minimum atomic E-state index is -0.967. The molecule has 6 nitrogen and oxygen atoms in total. The predicted molar refractivity (Wildman–Crippen MR) is 71.7 cm³/mol. The molecule has 2 aromatic rings. The van der Waals surface area contributed by atoms with E-state index in [0.717, 1.165) is 36.9 Å². The summed E-state index contributed by atoms with van der Waals surface area (Å²) in [5, 5.41) is 15.9. The van der Waals surface area contributed by atoms with E-state index >= 15 is 0 Å². The lowest BCUT2D eigenvalue weighted by molar-refractivity contribution is 0.0697. The Morgan fingerprint density at radius 2 is 2.25 bits per heavy atom. The number of anilines is 1. The fraction of sp³-hybridized carbons (Fsp3) is 0.357. The fourth-order valence-electron chi connectivity index (χ4n) is 2.44. The molecular weight excluding hydrogens is 258 g/mol. The lowest BCUT2D eigenvalue weighted by atomic mass is 9.95. The molecule has 0 unspecified atom stereocenters. The molecular formula is C14H15N3O3. The number of rotatable bonds is 4. The number of nitrogens with one attached hydrogen (secondary N) is 1. The number of pyridine rings is 1. The summed E-state index contributed by atoms with van der Waals surface area (Å²) in [6.45, 7) is 0.367. The number of hydrogen-bond acceptors (Lipinski definition) is 5. The number of aromatic carboxylic acids is 1. The first-order valence-corrected chi connectivity index (χ1v) is 6.63. The zero-order valence-electron chi connectivity index (χ0n) is 10.9. The molecule has 2 aromatic heterocycles. The van der Waals surface area contributed by atoms with Gasteiger partial charge in [0, 0.05) is 11.8 Å². The second-order valence-electron chi connectivity index (χ2n) is 4.83. The van der Waals surface area contributed by atoms with Crippen LogP contribution in [0.1, 0.15) is 40.2 Å². The summed E-state index contributed by atoms with van der Waals surface area (Å²) >= 11 is 0. The van der Waals surface area contributed by atoms with Crippen LogP contribution in [0, 0.1) is 0 Å². The molecule has 0 fully saturated rings. The number of aryl methyl sites for hydroxylation is 2. The summed E-state index contributed by atoms with van der Waals surface area (Å²) in [7, 11) is 0. The predicted octanol–water partition coefficient (Wildman–Crippen LogP) is 2.26. The Morgan fingerprint density at radius 1 is 1.40 bits per heavy atom. The van der Waals surface area contributed by atoms with Crippen LogP contribution in [0.25, 0.3) is 0 Å². The molecule has 2 N–H and O–H groups in total. The maximum absolute atomic E-state index is 11.4. The Kier molecular flexibility index (Phi) is 3.37. The molecule has 2 heterocycles. The average molecular weight is 273 g/mol. The summed E-state index contributed by atoms with van der Waals surface area (Å²) in [5.74, 6) is 0.0707. The van der Waals surface area contributed by atoms with Gasteiger partial charge in [0.1, 0.15) is 11.4 Å². The van der Waals surface area contributed by atoms with Gasteiger partial charge >= 0.3 is 5.97 Å². The van der Waals surface area contributed by atoms with Crippen LogP contribution in [0.15, 0.2) is 22.9 Å². The van der Waals surface area contributed by atoms with Crippen molar-refractivity contribution in [2.75, 3.05) is 5.32 Å². The number of aromatic nitrogens is 2. The van der Waals surface area contributed by atoms with E-state index in [1.54, 1.807) is 18.3 Å². The first-order chi connectivity index (χ1) is 9.74. The second kappa shape index (κ2) is 5.32. The van der Waals surface area contributed by atoms with Crippen molar-refractivity contribution in [2.45, 2.75) is 32.2 Å². The molecule has 104 valence electrons. The van der Waals surface area contributed by atoms with Crippen molar-refractivity contribution in [3.63, 3.8) is 0 Å². The summed E-state index contributed by atoms with van der Waals surface area (Å²) in [6, 6.07) is 3.47. The van der Waals surface area contributed by atoms with Crippen LogP contribution >= 0.6 is 0 Å². The molecule has 0 saturated heterocycles. The third-order valence-electron chi connectivity index (χ3n) is 3.45. The Morgan fingerprint density at radius 3 is 3.00 bits per heavy atom. The maximum atomic E-state index is 11.4.